The SMILES string of the molecule is C=C(/C=C1/OCc2c(c(=O)oc3cc(B4OC(C)(C)C(C)(C)O4)ccc23)/C1=C/C)B1OC(C)(C)C(C)(C)O1. The molecular weight excluding hydrogens is 482 g/mol. The Kier molecular flexibility index (Phi) is 6.19. The van der Waals surface area contributed by atoms with Gasteiger partial charge in [0.25, 0.3) is 0 Å². The third kappa shape index (κ3) is 4.20. The maximum Gasteiger partial charge on any atom is 0.494 e. The molecule has 0 N–H and O–H groups in total. The van der Waals surface area contributed by atoms with Gasteiger partial charge in [-0.25, -0.2) is 4.79 Å². The van der Waals surface area contributed by atoms with Crippen molar-refractivity contribution in [1.82, 2.24) is 0 Å². The van der Waals surface area contributed by atoms with Gasteiger partial charge in [0.1, 0.15) is 17.9 Å². The van der Waals surface area contributed by atoms with Gasteiger partial charge in [0, 0.05) is 16.5 Å². The van der Waals surface area contributed by atoms with Crippen molar-refractivity contribution in [1.29, 1.82) is 0 Å². The van der Waals surface area contributed by atoms with Gasteiger partial charge in [-0.2, -0.15) is 0 Å². The summed E-state index contributed by atoms with van der Waals surface area (Å²) in [6.07, 6.45) is 3.63. The van der Waals surface area contributed by atoms with Crippen LogP contribution in [-0.4, -0.2) is 36.6 Å². The third-order valence-electron chi connectivity index (χ3n) is 8.63. The van der Waals surface area contributed by atoms with E-state index in [2.05, 4.69) is 6.58 Å². The average molecular weight is 518 g/mol. The van der Waals surface area contributed by atoms with Crippen LogP contribution in [0.1, 0.15) is 73.4 Å². The van der Waals surface area contributed by atoms with E-state index in [4.69, 9.17) is 27.8 Å². The smallest absolute Gasteiger partial charge is 0.488 e. The second kappa shape index (κ2) is 8.71. The van der Waals surface area contributed by atoms with Gasteiger partial charge in [0.15, 0.2) is 0 Å². The Balaban J connectivity index is 1.48. The van der Waals surface area contributed by atoms with Crippen LogP contribution in [0.4, 0.5) is 0 Å². The van der Waals surface area contributed by atoms with Crippen LogP contribution in [0.2, 0.25) is 0 Å². The Morgan fingerprint density at radius 3 is 2.08 bits per heavy atom. The number of allylic oxidation sites excluding steroid dienone is 4. The summed E-state index contributed by atoms with van der Waals surface area (Å²) >= 11 is 0. The summed E-state index contributed by atoms with van der Waals surface area (Å²) in [5.41, 5.74) is 1.45. The maximum atomic E-state index is 13.3. The molecule has 0 aliphatic carbocycles. The van der Waals surface area contributed by atoms with Gasteiger partial charge < -0.3 is 27.8 Å². The predicted molar refractivity (Wildman–Crippen MR) is 150 cm³/mol. The van der Waals surface area contributed by atoms with Crippen LogP contribution in [-0.2, 0) is 30.0 Å². The van der Waals surface area contributed by atoms with E-state index in [1.807, 2.05) is 86.6 Å². The van der Waals surface area contributed by atoms with Crippen molar-refractivity contribution in [3.63, 3.8) is 0 Å². The molecule has 1 aromatic heterocycles. The molecule has 2 aromatic rings. The van der Waals surface area contributed by atoms with E-state index >= 15 is 0 Å². The zero-order chi connectivity index (χ0) is 27.8. The first-order chi connectivity index (χ1) is 17.6. The Morgan fingerprint density at radius 2 is 1.50 bits per heavy atom. The van der Waals surface area contributed by atoms with Crippen LogP contribution >= 0.6 is 0 Å². The summed E-state index contributed by atoms with van der Waals surface area (Å²) < 4.78 is 36.6. The molecule has 3 aliphatic rings. The van der Waals surface area contributed by atoms with E-state index < -0.39 is 42.3 Å². The molecule has 9 heteroatoms. The van der Waals surface area contributed by atoms with Crippen LogP contribution < -0.4 is 11.1 Å². The van der Waals surface area contributed by atoms with Gasteiger partial charge in [-0.05, 0) is 85.4 Å². The molecule has 0 bridgehead atoms. The first-order valence-electron chi connectivity index (χ1n) is 13.1. The Morgan fingerprint density at radius 1 is 0.921 bits per heavy atom. The van der Waals surface area contributed by atoms with Crippen molar-refractivity contribution in [3.05, 3.63) is 69.7 Å². The number of ether oxygens (including phenoxy) is 1. The fourth-order valence-electron chi connectivity index (χ4n) is 4.82. The summed E-state index contributed by atoms with van der Waals surface area (Å²) in [5.74, 6) is 0.528. The molecule has 2 fully saturated rings. The molecule has 0 amide bonds. The number of hydrogen-bond acceptors (Lipinski definition) is 7. The lowest BCUT2D eigenvalue weighted by molar-refractivity contribution is 0.00578. The monoisotopic (exact) mass is 518 g/mol. The predicted octanol–water partition coefficient (Wildman–Crippen LogP) is 5.10. The molecular formula is C29H36B2O7. The number of hydrogen-bond donors (Lipinski definition) is 0. The van der Waals surface area contributed by atoms with Crippen molar-refractivity contribution in [2.45, 2.75) is 91.3 Å². The third-order valence-corrected chi connectivity index (χ3v) is 8.63. The molecule has 0 unspecified atom stereocenters. The normalized spacial score (nSPS) is 25.2. The minimum atomic E-state index is -0.614. The molecule has 0 saturated carbocycles. The lowest BCUT2D eigenvalue weighted by atomic mass is 9.78. The summed E-state index contributed by atoms with van der Waals surface area (Å²) in [6, 6.07) is 5.71. The van der Waals surface area contributed by atoms with Crippen molar-refractivity contribution in [2.75, 3.05) is 0 Å². The zero-order valence-corrected chi connectivity index (χ0v) is 23.8. The maximum absolute atomic E-state index is 13.3. The van der Waals surface area contributed by atoms with Crippen LogP contribution in [0.5, 0.6) is 0 Å². The molecule has 3 aliphatic heterocycles. The highest BCUT2D eigenvalue weighted by atomic mass is 16.7. The summed E-state index contributed by atoms with van der Waals surface area (Å²) in [4.78, 5) is 13.3. The van der Waals surface area contributed by atoms with E-state index in [1.165, 1.54) is 0 Å². The summed E-state index contributed by atoms with van der Waals surface area (Å²) in [6.45, 7) is 22.2. The highest BCUT2D eigenvalue weighted by molar-refractivity contribution is 6.62. The fourth-order valence-corrected chi connectivity index (χ4v) is 4.82. The van der Waals surface area contributed by atoms with E-state index in [0.717, 1.165) is 16.4 Å². The topological polar surface area (TPSA) is 76.4 Å². The van der Waals surface area contributed by atoms with Crippen LogP contribution in [0.25, 0.3) is 16.5 Å². The Bertz CT molecular complexity index is 1410. The van der Waals surface area contributed by atoms with E-state index in [9.17, 15) is 4.79 Å². The molecule has 2 saturated heterocycles. The lowest BCUT2D eigenvalue weighted by Crippen LogP contribution is -2.41. The fraction of sp³-hybridized carbons (Fsp3) is 0.483. The lowest BCUT2D eigenvalue weighted by Gasteiger charge is -2.32. The van der Waals surface area contributed by atoms with Crippen molar-refractivity contribution >= 4 is 36.2 Å². The van der Waals surface area contributed by atoms with Crippen LogP contribution in [0, 0.1) is 0 Å². The van der Waals surface area contributed by atoms with Gasteiger partial charge in [0.05, 0.1) is 28.0 Å². The molecule has 200 valence electrons. The molecule has 7 nitrogen and oxygen atoms in total. The van der Waals surface area contributed by atoms with Crippen LogP contribution in [0.15, 0.2) is 57.4 Å². The molecule has 4 heterocycles. The number of fused-ring (bicyclic) bond motifs is 3. The standard InChI is InChI=1S/C29H36B2O7/c1-11-19-22(14-17(2)30-35-26(3,4)27(5,6)36-30)33-16-21-20-13-12-18(15-23(20)34-25(32)24(19)21)31-37-28(7,8)29(9,10)38-31/h11-15H,2,16H2,1,3-10H3/b19-11+,22-14+. The van der Waals surface area contributed by atoms with E-state index in [0.29, 0.717) is 28.0 Å². The Labute approximate surface area is 225 Å². The summed E-state index contributed by atoms with van der Waals surface area (Å²) in [5, 5.41) is 0.808. The second-order valence-electron chi connectivity index (χ2n) is 12.2. The molecule has 5 rings (SSSR count). The molecule has 0 spiro atoms. The molecule has 38 heavy (non-hydrogen) atoms. The van der Waals surface area contributed by atoms with E-state index in [-0.39, 0.29) is 6.61 Å². The van der Waals surface area contributed by atoms with Gasteiger partial charge >= 0.3 is 19.9 Å². The minimum Gasteiger partial charge on any atom is -0.488 e. The average Bonchev–Trinajstić information content (AvgIpc) is 3.18. The largest absolute Gasteiger partial charge is 0.494 e. The van der Waals surface area contributed by atoms with Crippen molar-refractivity contribution in [3.8, 4) is 0 Å². The zero-order valence-electron chi connectivity index (χ0n) is 23.8. The van der Waals surface area contributed by atoms with Gasteiger partial charge in [-0.1, -0.05) is 24.8 Å². The molecule has 1 aromatic carbocycles. The highest BCUT2D eigenvalue weighted by Gasteiger charge is 2.53. The van der Waals surface area contributed by atoms with Gasteiger partial charge in [0.2, 0.25) is 0 Å². The van der Waals surface area contributed by atoms with Crippen molar-refractivity contribution in [2.24, 2.45) is 0 Å². The van der Waals surface area contributed by atoms with Crippen molar-refractivity contribution < 1.29 is 27.8 Å². The van der Waals surface area contributed by atoms with Crippen LogP contribution in [0.3, 0.4) is 0 Å². The first kappa shape index (κ1) is 27.0. The molecule has 0 atom stereocenters. The number of benzene rings is 1. The van der Waals surface area contributed by atoms with Gasteiger partial charge in [-0.3, -0.25) is 0 Å². The van der Waals surface area contributed by atoms with Gasteiger partial charge in [-0.15, -0.1) is 0 Å². The molecule has 0 radical (unpaired) electrons. The number of rotatable bonds is 3. The van der Waals surface area contributed by atoms with E-state index in [1.54, 1.807) is 6.08 Å². The second-order valence-corrected chi connectivity index (χ2v) is 12.2. The first-order valence-corrected chi connectivity index (χ1v) is 13.1. The highest BCUT2D eigenvalue weighted by Crippen LogP contribution is 2.41. The summed E-state index contributed by atoms with van der Waals surface area (Å²) in [7, 11) is -1.17. The quantitative estimate of drug-likeness (QED) is 0.414. The minimum absolute atomic E-state index is 0.215. The Hall–Kier alpha value is -2.58.